The van der Waals surface area contributed by atoms with Crippen LogP contribution < -0.4 is 10.6 Å². The Morgan fingerprint density at radius 3 is 2.39 bits per heavy atom. The summed E-state index contributed by atoms with van der Waals surface area (Å²) in [4.78, 5) is 30.3. The fourth-order valence-electron chi connectivity index (χ4n) is 3.25. The second-order valence-electron chi connectivity index (χ2n) is 7.25. The molecule has 1 aromatic carbocycles. The molecule has 2 unspecified atom stereocenters. The summed E-state index contributed by atoms with van der Waals surface area (Å²) in [6, 6.07) is 12.9. The standard InChI is InChI=1S/C21H28N4O2S/c1-16(22-21(27)19-9-6-14-28-19)20(26)23-18(17-7-4-3-5-8-17)15-25-12-10-24(2)11-13-25/h3-9,14,16,18H,10-13,15H2,1-2H3,(H,22,27)(H,23,26). The lowest BCUT2D eigenvalue weighted by Crippen LogP contribution is -2.50. The second kappa shape index (κ2) is 9.82. The van der Waals surface area contributed by atoms with E-state index >= 15 is 0 Å². The second-order valence-corrected chi connectivity index (χ2v) is 8.20. The molecule has 1 aliphatic heterocycles. The van der Waals surface area contributed by atoms with Crippen molar-refractivity contribution in [1.82, 2.24) is 20.4 Å². The van der Waals surface area contributed by atoms with Gasteiger partial charge in [0.05, 0.1) is 10.9 Å². The van der Waals surface area contributed by atoms with Crippen LogP contribution in [0.1, 0.15) is 28.2 Å². The van der Waals surface area contributed by atoms with Gasteiger partial charge in [-0.05, 0) is 31.0 Å². The largest absolute Gasteiger partial charge is 0.346 e. The van der Waals surface area contributed by atoms with Crippen LogP contribution >= 0.6 is 11.3 Å². The number of benzene rings is 1. The molecule has 0 spiro atoms. The summed E-state index contributed by atoms with van der Waals surface area (Å²) < 4.78 is 0. The first-order chi connectivity index (χ1) is 13.5. The van der Waals surface area contributed by atoms with E-state index in [-0.39, 0.29) is 17.9 Å². The van der Waals surface area contributed by atoms with Crippen molar-refractivity contribution in [3.63, 3.8) is 0 Å². The molecule has 2 atom stereocenters. The summed E-state index contributed by atoms with van der Waals surface area (Å²) >= 11 is 1.36. The molecule has 2 heterocycles. The number of carbonyl (C=O) groups is 2. The van der Waals surface area contributed by atoms with Crippen LogP contribution in [0.2, 0.25) is 0 Å². The van der Waals surface area contributed by atoms with Gasteiger partial charge in [-0.3, -0.25) is 14.5 Å². The predicted octanol–water partition coefficient (Wildman–Crippen LogP) is 1.97. The van der Waals surface area contributed by atoms with Gasteiger partial charge in [-0.2, -0.15) is 0 Å². The van der Waals surface area contributed by atoms with Crippen molar-refractivity contribution in [2.75, 3.05) is 39.8 Å². The van der Waals surface area contributed by atoms with Gasteiger partial charge in [0.15, 0.2) is 0 Å². The van der Waals surface area contributed by atoms with Crippen molar-refractivity contribution in [2.24, 2.45) is 0 Å². The lowest BCUT2D eigenvalue weighted by atomic mass is 10.1. The number of hydrogen-bond acceptors (Lipinski definition) is 5. The van der Waals surface area contributed by atoms with E-state index in [2.05, 4.69) is 27.5 Å². The van der Waals surface area contributed by atoms with Crippen molar-refractivity contribution in [2.45, 2.75) is 19.0 Å². The Morgan fingerprint density at radius 2 is 1.75 bits per heavy atom. The third-order valence-corrected chi connectivity index (χ3v) is 5.91. The van der Waals surface area contributed by atoms with Crippen molar-refractivity contribution < 1.29 is 9.59 Å². The van der Waals surface area contributed by atoms with E-state index in [1.165, 1.54) is 11.3 Å². The van der Waals surface area contributed by atoms with E-state index in [0.29, 0.717) is 4.88 Å². The maximum absolute atomic E-state index is 12.8. The number of thiophene rings is 1. The highest BCUT2D eigenvalue weighted by Crippen LogP contribution is 2.16. The summed E-state index contributed by atoms with van der Waals surface area (Å²) in [7, 11) is 2.13. The molecule has 28 heavy (non-hydrogen) atoms. The minimum atomic E-state index is -0.603. The Labute approximate surface area is 170 Å². The van der Waals surface area contributed by atoms with Crippen molar-refractivity contribution in [1.29, 1.82) is 0 Å². The van der Waals surface area contributed by atoms with Crippen molar-refractivity contribution in [3.8, 4) is 0 Å². The summed E-state index contributed by atoms with van der Waals surface area (Å²) in [6.45, 7) is 6.51. The molecule has 0 radical (unpaired) electrons. The van der Waals surface area contributed by atoms with Gasteiger partial charge in [0, 0.05) is 32.7 Å². The van der Waals surface area contributed by atoms with Gasteiger partial charge in [0.1, 0.15) is 6.04 Å². The van der Waals surface area contributed by atoms with E-state index in [0.717, 1.165) is 38.3 Å². The predicted molar refractivity (Wildman–Crippen MR) is 113 cm³/mol. The van der Waals surface area contributed by atoms with Gasteiger partial charge in [-0.1, -0.05) is 36.4 Å². The van der Waals surface area contributed by atoms with E-state index in [9.17, 15) is 9.59 Å². The zero-order valence-electron chi connectivity index (χ0n) is 16.4. The Hall–Kier alpha value is -2.22. The molecule has 7 heteroatoms. The van der Waals surface area contributed by atoms with Crippen LogP contribution in [0.3, 0.4) is 0 Å². The number of amides is 2. The summed E-state index contributed by atoms with van der Waals surface area (Å²) in [5.41, 5.74) is 1.08. The molecule has 0 saturated carbocycles. The maximum Gasteiger partial charge on any atom is 0.261 e. The van der Waals surface area contributed by atoms with Crippen molar-refractivity contribution in [3.05, 3.63) is 58.3 Å². The lowest BCUT2D eigenvalue weighted by molar-refractivity contribution is -0.123. The molecule has 3 rings (SSSR count). The molecule has 1 fully saturated rings. The molecule has 2 amide bonds. The van der Waals surface area contributed by atoms with E-state index < -0.39 is 6.04 Å². The van der Waals surface area contributed by atoms with Crippen LogP contribution in [-0.2, 0) is 4.79 Å². The molecule has 1 aromatic heterocycles. The van der Waals surface area contributed by atoms with Gasteiger partial charge in [-0.15, -0.1) is 11.3 Å². The first-order valence-corrected chi connectivity index (χ1v) is 10.5. The smallest absolute Gasteiger partial charge is 0.261 e. The number of nitrogens with zero attached hydrogens (tertiary/aromatic N) is 2. The minimum absolute atomic E-state index is 0.113. The number of piperazine rings is 1. The third kappa shape index (κ3) is 5.64. The quantitative estimate of drug-likeness (QED) is 0.746. The van der Waals surface area contributed by atoms with Gasteiger partial charge in [-0.25, -0.2) is 0 Å². The van der Waals surface area contributed by atoms with Crippen LogP contribution in [0, 0.1) is 0 Å². The summed E-state index contributed by atoms with van der Waals surface area (Å²) in [5, 5.41) is 7.77. The van der Waals surface area contributed by atoms with Gasteiger partial charge in [0.2, 0.25) is 5.91 Å². The molecule has 6 nitrogen and oxygen atoms in total. The van der Waals surface area contributed by atoms with Gasteiger partial charge >= 0.3 is 0 Å². The zero-order valence-corrected chi connectivity index (χ0v) is 17.2. The Balaban J connectivity index is 1.63. The Morgan fingerprint density at radius 1 is 1.04 bits per heavy atom. The highest BCUT2D eigenvalue weighted by molar-refractivity contribution is 7.12. The minimum Gasteiger partial charge on any atom is -0.346 e. The highest BCUT2D eigenvalue weighted by atomic mass is 32.1. The monoisotopic (exact) mass is 400 g/mol. The number of nitrogens with one attached hydrogen (secondary N) is 2. The lowest BCUT2D eigenvalue weighted by Gasteiger charge is -2.35. The average molecular weight is 401 g/mol. The fraction of sp³-hybridized carbons (Fsp3) is 0.429. The van der Waals surface area contributed by atoms with Crippen molar-refractivity contribution >= 4 is 23.2 Å². The van der Waals surface area contributed by atoms with Crippen LogP contribution in [0.4, 0.5) is 0 Å². The first kappa shape index (κ1) is 20.5. The molecular formula is C21H28N4O2S. The topological polar surface area (TPSA) is 64.7 Å². The molecule has 1 saturated heterocycles. The number of carbonyl (C=O) groups excluding carboxylic acids is 2. The molecule has 1 aliphatic rings. The summed E-state index contributed by atoms with van der Waals surface area (Å²) in [6.07, 6.45) is 0. The summed E-state index contributed by atoms with van der Waals surface area (Å²) in [5.74, 6) is -0.388. The molecule has 150 valence electrons. The van der Waals surface area contributed by atoms with Gasteiger partial charge in [0.25, 0.3) is 5.91 Å². The average Bonchev–Trinajstić information content (AvgIpc) is 3.24. The highest BCUT2D eigenvalue weighted by Gasteiger charge is 2.24. The molecule has 0 bridgehead atoms. The Bertz CT molecular complexity index is 758. The number of likely N-dealkylation sites (N-methyl/N-ethyl adjacent to an activating group) is 1. The van der Waals surface area contributed by atoms with Crippen LogP contribution in [-0.4, -0.2) is 67.4 Å². The maximum atomic E-state index is 12.8. The van der Waals surface area contributed by atoms with Crippen LogP contribution in [0.5, 0.6) is 0 Å². The normalized spacial score (nSPS) is 17.6. The number of hydrogen-bond donors (Lipinski definition) is 2. The van der Waals surface area contributed by atoms with E-state index in [4.69, 9.17) is 0 Å². The fourth-order valence-corrected chi connectivity index (χ4v) is 3.87. The molecule has 2 N–H and O–H groups in total. The molecule has 2 aromatic rings. The molecule has 0 aliphatic carbocycles. The van der Waals surface area contributed by atoms with Gasteiger partial charge < -0.3 is 15.5 Å². The third-order valence-electron chi connectivity index (χ3n) is 5.04. The van der Waals surface area contributed by atoms with Crippen LogP contribution in [0.25, 0.3) is 0 Å². The molecular weight excluding hydrogens is 372 g/mol. The van der Waals surface area contributed by atoms with Crippen LogP contribution in [0.15, 0.2) is 47.8 Å². The van der Waals surface area contributed by atoms with E-state index in [1.807, 2.05) is 41.8 Å². The van der Waals surface area contributed by atoms with E-state index in [1.54, 1.807) is 13.0 Å². The number of rotatable bonds is 7. The first-order valence-electron chi connectivity index (χ1n) is 9.63. The SMILES string of the molecule is CC(NC(=O)c1cccs1)C(=O)NC(CN1CCN(C)CC1)c1ccccc1. The zero-order chi connectivity index (χ0) is 19.9. The Kier molecular flexibility index (Phi) is 7.19.